The minimum absolute atomic E-state index is 0.127. The van der Waals surface area contributed by atoms with Crippen LogP contribution in [0.25, 0.3) is 0 Å². The van der Waals surface area contributed by atoms with Gasteiger partial charge in [-0.1, -0.05) is 19.3 Å². The molecule has 6 heteroatoms. The van der Waals surface area contributed by atoms with Crippen LogP contribution in [0.2, 0.25) is 0 Å². The predicted octanol–water partition coefficient (Wildman–Crippen LogP) is 1.86. The highest BCUT2D eigenvalue weighted by Gasteiger charge is 2.21. The molecule has 19 heavy (non-hydrogen) atoms. The lowest BCUT2D eigenvalue weighted by atomic mass is 9.95. The van der Waals surface area contributed by atoms with Crippen molar-refractivity contribution in [3.63, 3.8) is 0 Å². The van der Waals surface area contributed by atoms with E-state index in [4.69, 9.17) is 0 Å². The molecule has 0 aromatic carbocycles. The first kappa shape index (κ1) is 14.1. The number of aryl methyl sites for hydroxylation is 1. The number of H-pyrrole nitrogens is 1. The van der Waals surface area contributed by atoms with E-state index in [2.05, 4.69) is 15.3 Å². The monoisotopic (exact) mass is 281 g/mol. The first-order chi connectivity index (χ1) is 9.11. The molecule has 104 valence electrons. The summed E-state index contributed by atoms with van der Waals surface area (Å²) in [4.78, 5) is 30.1. The lowest BCUT2D eigenvalue weighted by Crippen LogP contribution is -2.37. The molecule has 1 aromatic rings. The summed E-state index contributed by atoms with van der Waals surface area (Å²) in [5.74, 6) is -0.127. The Morgan fingerprint density at radius 2 is 2.05 bits per heavy atom. The zero-order valence-corrected chi connectivity index (χ0v) is 12.1. The van der Waals surface area contributed by atoms with Crippen LogP contribution in [0.4, 0.5) is 0 Å². The molecule has 1 aliphatic carbocycles. The fraction of sp³-hybridized carbons (Fsp3) is 0.615. The molecule has 0 bridgehead atoms. The van der Waals surface area contributed by atoms with Gasteiger partial charge in [0.25, 0.3) is 5.91 Å². The van der Waals surface area contributed by atoms with E-state index in [9.17, 15) is 9.59 Å². The van der Waals surface area contributed by atoms with E-state index < -0.39 is 5.69 Å². The molecule has 1 aromatic heterocycles. The van der Waals surface area contributed by atoms with E-state index in [-0.39, 0.29) is 11.9 Å². The molecular weight excluding hydrogens is 262 g/mol. The Morgan fingerprint density at radius 3 is 2.68 bits per heavy atom. The van der Waals surface area contributed by atoms with Crippen molar-refractivity contribution in [2.24, 2.45) is 0 Å². The van der Waals surface area contributed by atoms with Gasteiger partial charge in [-0.05, 0) is 26.0 Å². The van der Waals surface area contributed by atoms with Crippen molar-refractivity contribution in [2.45, 2.75) is 50.1 Å². The number of nitrogens with one attached hydrogen (secondary N) is 2. The van der Waals surface area contributed by atoms with Gasteiger partial charge in [0, 0.05) is 11.7 Å². The van der Waals surface area contributed by atoms with Crippen LogP contribution in [0.3, 0.4) is 0 Å². The van der Waals surface area contributed by atoms with Gasteiger partial charge in [-0.25, -0.2) is 4.79 Å². The smallest absolute Gasteiger partial charge is 0.346 e. The quantitative estimate of drug-likeness (QED) is 0.655. The number of carbonyl (C=O) groups excluding carboxylic acids is 1. The number of amides is 1. The second-order valence-electron chi connectivity index (χ2n) is 4.86. The molecule has 5 nitrogen and oxygen atoms in total. The maximum absolute atomic E-state index is 12.3. The largest absolute Gasteiger partial charge is 0.349 e. The summed E-state index contributed by atoms with van der Waals surface area (Å²) in [6.07, 6.45) is 7.49. The summed E-state index contributed by atoms with van der Waals surface area (Å²) in [6, 6.07) is 0.252. The fourth-order valence-corrected chi connectivity index (χ4v) is 3.10. The highest BCUT2D eigenvalue weighted by Crippen LogP contribution is 2.21. The highest BCUT2D eigenvalue weighted by molar-refractivity contribution is 7.98. The zero-order valence-electron chi connectivity index (χ0n) is 11.3. The van der Waals surface area contributed by atoms with Crippen molar-refractivity contribution < 1.29 is 4.79 Å². The number of aromatic nitrogens is 2. The van der Waals surface area contributed by atoms with Crippen molar-refractivity contribution >= 4 is 17.7 Å². The molecule has 1 fully saturated rings. The average molecular weight is 281 g/mol. The fourth-order valence-electron chi connectivity index (χ4n) is 2.48. The maximum atomic E-state index is 12.3. The number of hydrogen-bond donors (Lipinski definition) is 2. The SMILES string of the molecule is CSc1nc(=O)[nH]c(C)c1C(=O)NC1CCCCC1. The van der Waals surface area contributed by atoms with Gasteiger partial charge in [0.2, 0.25) is 0 Å². The molecule has 1 amide bonds. The Morgan fingerprint density at radius 1 is 1.37 bits per heavy atom. The lowest BCUT2D eigenvalue weighted by Gasteiger charge is -2.23. The van der Waals surface area contributed by atoms with Gasteiger partial charge >= 0.3 is 5.69 Å². The summed E-state index contributed by atoms with van der Waals surface area (Å²) in [7, 11) is 0. The standard InChI is InChI=1S/C13H19N3O2S/c1-8-10(12(19-2)16-13(18)14-8)11(17)15-9-6-4-3-5-7-9/h9H,3-7H2,1-2H3,(H,15,17)(H,14,16,18). The van der Waals surface area contributed by atoms with Gasteiger partial charge in [-0.15, -0.1) is 11.8 Å². The molecule has 0 unspecified atom stereocenters. The zero-order chi connectivity index (χ0) is 13.8. The molecule has 0 spiro atoms. The van der Waals surface area contributed by atoms with Crippen LogP contribution in [0.5, 0.6) is 0 Å². The van der Waals surface area contributed by atoms with E-state index in [1.165, 1.54) is 31.0 Å². The molecule has 0 aliphatic heterocycles. The van der Waals surface area contributed by atoms with Gasteiger partial charge in [-0.2, -0.15) is 4.98 Å². The number of nitrogens with zero attached hydrogens (tertiary/aromatic N) is 1. The van der Waals surface area contributed by atoms with Crippen LogP contribution >= 0.6 is 11.8 Å². The van der Waals surface area contributed by atoms with E-state index in [0.717, 1.165) is 12.8 Å². The van der Waals surface area contributed by atoms with Crippen molar-refractivity contribution in [3.05, 3.63) is 21.7 Å². The summed E-state index contributed by atoms with van der Waals surface area (Å²) in [5.41, 5.74) is 0.673. The van der Waals surface area contributed by atoms with Crippen LogP contribution in [0.1, 0.15) is 48.2 Å². The maximum Gasteiger partial charge on any atom is 0.346 e. The molecular formula is C13H19N3O2S. The summed E-state index contributed by atoms with van der Waals surface area (Å²) in [6.45, 7) is 1.73. The predicted molar refractivity (Wildman–Crippen MR) is 75.7 cm³/mol. The average Bonchev–Trinajstić information content (AvgIpc) is 2.38. The van der Waals surface area contributed by atoms with Crippen LogP contribution in [0, 0.1) is 6.92 Å². The Hall–Kier alpha value is -1.30. The number of rotatable bonds is 3. The molecule has 0 saturated heterocycles. The normalized spacial score (nSPS) is 16.3. The second kappa shape index (κ2) is 6.23. The molecule has 1 heterocycles. The van der Waals surface area contributed by atoms with Crippen molar-refractivity contribution in [1.29, 1.82) is 0 Å². The van der Waals surface area contributed by atoms with Gasteiger partial charge in [0.1, 0.15) is 5.03 Å². The van der Waals surface area contributed by atoms with Crippen LogP contribution < -0.4 is 11.0 Å². The molecule has 2 N–H and O–H groups in total. The topological polar surface area (TPSA) is 74.8 Å². The minimum Gasteiger partial charge on any atom is -0.349 e. The van der Waals surface area contributed by atoms with Crippen molar-refractivity contribution in [2.75, 3.05) is 6.26 Å². The Labute approximate surface area is 116 Å². The first-order valence-electron chi connectivity index (χ1n) is 6.57. The third kappa shape index (κ3) is 3.37. The van der Waals surface area contributed by atoms with Gasteiger partial charge in [0.15, 0.2) is 0 Å². The number of carbonyl (C=O) groups is 1. The number of thioether (sulfide) groups is 1. The Balaban J connectivity index is 2.20. The molecule has 1 aliphatic rings. The van der Waals surface area contributed by atoms with E-state index in [0.29, 0.717) is 16.3 Å². The third-order valence-corrected chi connectivity index (χ3v) is 4.13. The molecule has 2 rings (SSSR count). The molecule has 1 saturated carbocycles. The van der Waals surface area contributed by atoms with E-state index >= 15 is 0 Å². The van der Waals surface area contributed by atoms with Gasteiger partial charge in [-0.3, -0.25) is 4.79 Å². The van der Waals surface area contributed by atoms with Crippen LogP contribution in [-0.2, 0) is 0 Å². The highest BCUT2D eigenvalue weighted by atomic mass is 32.2. The van der Waals surface area contributed by atoms with E-state index in [1.54, 1.807) is 6.92 Å². The number of aromatic amines is 1. The number of hydrogen-bond acceptors (Lipinski definition) is 4. The van der Waals surface area contributed by atoms with Gasteiger partial charge in [0.05, 0.1) is 5.56 Å². The van der Waals surface area contributed by atoms with Crippen molar-refractivity contribution in [1.82, 2.24) is 15.3 Å². The van der Waals surface area contributed by atoms with E-state index in [1.807, 2.05) is 6.26 Å². The molecule has 0 radical (unpaired) electrons. The Bertz CT molecular complexity index is 521. The summed E-state index contributed by atoms with van der Waals surface area (Å²) < 4.78 is 0. The first-order valence-corrected chi connectivity index (χ1v) is 7.80. The van der Waals surface area contributed by atoms with Crippen molar-refractivity contribution in [3.8, 4) is 0 Å². The summed E-state index contributed by atoms with van der Waals surface area (Å²) in [5, 5.41) is 3.55. The van der Waals surface area contributed by atoms with Gasteiger partial charge < -0.3 is 10.3 Å². The minimum atomic E-state index is -0.406. The lowest BCUT2D eigenvalue weighted by molar-refractivity contribution is 0.0922. The second-order valence-corrected chi connectivity index (χ2v) is 5.65. The summed E-state index contributed by atoms with van der Waals surface area (Å²) >= 11 is 1.32. The molecule has 0 atom stereocenters. The third-order valence-electron chi connectivity index (χ3n) is 3.45. The van der Waals surface area contributed by atoms with Crippen LogP contribution in [0.15, 0.2) is 9.82 Å². The Kier molecular flexibility index (Phi) is 4.63. The van der Waals surface area contributed by atoms with Crippen LogP contribution in [-0.4, -0.2) is 28.2 Å².